The summed E-state index contributed by atoms with van der Waals surface area (Å²) < 4.78 is 22.3. The monoisotopic (exact) mass is 276 g/mol. The van der Waals surface area contributed by atoms with Crippen LogP contribution < -0.4 is 0 Å². The van der Waals surface area contributed by atoms with Gasteiger partial charge in [-0.15, -0.1) is 0 Å². The topological polar surface area (TPSA) is 34.1 Å². The van der Waals surface area contributed by atoms with Gasteiger partial charge in [0.1, 0.15) is 9.84 Å². The molecule has 0 heterocycles. The predicted molar refractivity (Wildman–Crippen MR) is 62.7 cm³/mol. The number of hydrogen-bond donors (Lipinski definition) is 0. The van der Waals surface area contributed by atoms with Crippen molar-refractivity contribution in [2.24, 2.45) is 0 Å². The standard InChI is InChI=1S/C10H13BrO2S/c1-14(12,13)8-10(7-11)9-5-3-2-4-6-9/h2-6,10H,7-8H2,1H3. The number of sulfone groups is 1. The maximum atomic E-state index is 11.2. The van der Waals surface area contributed by atoms with Crippen LogP contribution in [0.25, 0.3) is 0 Å². The Labute approximate surface area is 93.4 Å². The van der Waals surface area contributed by atoms with Crippen molar-refractivity contribution in [1.29, 1.82) is 0 Å². The lowest BCUT2D eigenvalue weighted by molar-refractivity contribution is 0.597. The van der Waals surface area contributed by atoms with E-state index < -0.39 is 9.84 Å². The molecular weight excluding hydrogens is 264 g/mol. The van der Waals surface area contributed by atoms with Crippen molar-refractivity contribution in [3.05, 3.63) is 35.9 Å². The summed E-state index contributed by atoms with van der Waals surface area (Å²) in [6.45, 7) is 0. The maximum Gasteiger partial charge on any atom is 0.148 e. The molecule has 0 amide bonds. The molecule has 0 radical (unpaired) electrons. The molecule has 1 aromatic rings. The summed E-state index contributed by atoms with van der Waals surface area (Å²) in [7, 11) is -2.91. The van der Waals surface area contributed by atoms with Gasteiger partial charge in [0.25, 0.3) is 0 Å². The zero-order chi connectivity index (χ0) is 10.6. The smallest absolute Gasteiger partial charge is 0.148 e. The molecule has 0 fully saturated rings. The van der Waals surface area contributed by atoms with E-state index in [1.807, 2.05) is 30.3 Å². The average molecular weight is 277 g/mol. The molecule has 4 heteroatoms. The predicted octanol–water partition coefficient (Wildman–Crippen LogP) is 2.21. The molecule has 14 heavy (non-hydrogen) atoms. The van der Waals surface area contributed by atoms with E-state index in [0.717, 1.165) is 5.56 Å². The lowest BCUT2D eigenvalue weighted by atomic mass is 10.0. The summed E-state index contributed by atoms with van der Waals surface area (Å²) in [6, 6.07) is 9.68. The third-order valence-electron chi connectivity index (χ3n) is 1.96. The lowest BCUT2D eigenvalue weighted by Gasteiger charge is -2.12. The van der Waals surface area contributed by atoms with Gasteiger partial charge in [0.15, 0.2) is 0 Å². The van der Waals surface area contributed by atoms with E-state index in [9.17, 15) is 8.42 Å². The molecule has 1 aromatic carbocycles. The van der Waals surface area contributed by atoms with E-state index in [4.69, 9.17) is 0 Å². The van der Waals surface area contributed by atoms with E-state index in [0.29, 0.717) is 5.33 Å². The van der Waals surface area contributed by atoms with Crippen LogP contribution in [0.15, 0.2) is 30.3 Å². The van der Waals surface area contributed by atoms with Crippen LogP contribution in [0.4, 0.5) is 0 Å². The van der Waals surface area contributed by atoms with Crippen LogP contribution in [0.5, 0.6) is 0 Å². The normalized spacial score (nSPS) is 13.9. The van der Waals surface area contributed by atoms with E-state index in [1.54, 1.807) is 0 Å². The molecule has 0 aliphatic carbocycles. The van der Waals surface area contributed by atoms with Crippen LogP contribution in [0.3, 0.4) is 0 Å². The zero-order valence-corrected chi connectivity index (χ0v) is 10.4. The van der Waals surface area contributed by atoms with Gasteiger partial charge in [-0.1, -0.05) is 46.3 Å². The molecule has 2 nitrogen and oxygen atoms in total. The highest BCUT2D eigenvalue weighted by atomic mass is 79.9. The summed E-state index contributed by atoms with van der Waals surface area (Å²) in [5, 5.41) is 0.671. The van der Waals surface area contributed by atoms with Gasteiger partial charge in [-0.25, -0.2) is 8.42 Å². The Morgan fingerprint density at radius 3 is 2.29 bits per heavy atom. The molecule has 1 atom stereocenters. The van der Waals surface area contributed by atoms with Gasteiger partial charge >= 0.3 is 0 Å². The second-order valence-electron chi connectivity index (χ2n) is 3.35. The lowest BCUT2D eigenvalue weighted by Crippen LogP contribution is -2.14. The molecule has 1 rings (SSSR count). The van der Waals surface area contributed by atoms with Gasteiger partial charge in [-0.05, 0) is 5.56 Å². The summed E-state index contributed by atoms with van der Waals surface area (Å²) >= 11 is 3.34. The Hall–Kier alpha value is -0.350. The number of alkyl halides is 1. The fourth-order valence-electron chi connectivity index (χ4n) is 1.32. The highest BCUT2D eigenvalue weighted by molar-refractivity contribution is 9.09. The summed E-state index contributed by atoms with van der Waals surface area (Å²) in [6.07, 6.45) is 1.27. The Kier molecular flexibility index (Phi) is 4.13. The largest absolute Gasteiger partial charge is 0.229 e. The van der Waals surface area contributed by atoms with E-state index in [1.165, 1.54) is 6.26 Å². The Morgan fingerprint density at radius 2 is 1.86 bits per heavy atom. The number of rotatable bonds is 4. The number of halogens is 1. The van der Waals surface area contributed by atoms with Crippen molar-refractivity contribution in [1.82, 2.24) is 0 Å². The zero-order valence-electron chi connectivity index (χ0n) is 7.98. The second kappa shape index (κ2) is 4.94. The highest BCUT2D eigenvalue weighted by Gasteiger charge is 2.15. The summed E-state index contributed by atoms with van der Waals surface area (Å²) in [5.41, 5.74) is 1.06. The first-order valence-corrected chi connectivity index (χ1v) is 7.50. The molecule has 78 valence electrons. The Morgan fingerprint density at radius 1 is 1.29 bits per heavy atom. The molecule has 0 bridgehead atoms. The first-order valence-electron chi connectivity index (χ1n) is 4.31. The first-order chi connectivity index (χ1) is 6.53. The van der Waals surface area contributed by atoms with Crippen molar-refractivity contribution in [2.45, 2.75) is 5.92 Å². The van der Waals surface area contributed by atoms with Gasteiger partial charge in [-0.2, -0.15) is 0 Å². The fraction of sp³-hybridized carbons (Fsp3) is 0.400. The quantitative estimate of drug-likeness (QED) is 0.791. The molecule has 0 aliphatic rings. The third kappa shape index (κ3) is 3.80. The number of benzene rings is 1. The minimum absolute atomic E-state index is 0.0474. The number of hydrogen-bond acceptors (Lipinski definition) is 2. The molecule has 0 saturated heterocycles. The SMILES string of the molecule is CS(=O)(=O)CC(CBr)c1ccccc1. The van der Waals surface area contributed by atoms with Crippen molar-refractivity contribution in [2.75, 3.05) is 17.3 Å². The molecule has 0 saturated carbocycles. The molecule has 0 spiro atoms. The Balaban J connectivity index is 2.84. The van der Waals surface area contributed by atoms with Crippen molar-refractivity contribution >= 4 is 25.8 Å². The van der Waals surface area contributed by atoms with Crippen LogP contribution in [0.2, 0.25) is 0 Å². The second-order valence-corrected chi connectivity index (χ2v) is 6.19. The van der Waals surface area contributed by atoms with Gasteiger partial charge in [-0.3, -0.25) is 0 Å². The van der Waals surface area contributed by atoms with E-state index >= 15 is 0 Å². The first kappa shape index (κ1) is 11.7. The maximum absolute atomic E-state index is 11.2. The van der Waals surface area contributed by atoms with Crippen molar-refractivity contribution in [3.8, 4) is 0 Å². The van der Waals surface area contributed by atoms with Gasteiger partial charge in [0, 0.05) is 17.5 Å². The van der Waals surface area contributed by atoms with Crippen LogP contribution in [0.1, 0.15) is 11.5 Å². The van der Waals surface area contributed by atoms with Crippen LogP contribution in [0, 0.1) is 0 Å². The van der Waals surface area contributed by atoms with Gasteiger partial charge in [0.2, 0.25) is 0 Å². The van der Waals surface area contributed by atoms with Crippen LogP contribution in [-0.2, 0) is 9.84 Å². The summed E-state index contributed by atoms with van der Waals surface area (Å²) in [4.78, 5) is 0. The molecular formula is C10H13BrO2S. The van der Waals surface area contributed by atoms with Crippen molar-refractivity contribution < 1.29 is 8.42 Å². The van der Waals surface area contributed by atoms with Crippen LogP contribution in [-0.4, -0.2) is 25.8 Å². The fourth-order valence-corrected chi connectivity index (χ4v) is 3.27. The molecule has 0 N–H and O–H groups in total. The minimum Gasteiger partial charge on any atom is -0.229 e. The minimum atomic E-state index is -2.91. The van der Waals surface area contributed by atoms with E-state index in [-0.39, 0.29) is 11.7 Å². The van der Waals surface area contributed by atoms with Gasteiger partial charge < -0.3 is 0 Å². The average Bonchev–Trinajstić information content (AvgIpc) is 2.14. The Bertz CT molecular complexity index is 372. The van der Waals surface area contributed by atoms with Crippen LogP contribution >= 0.6 is 15.9 Å². The van der Waals surface area contributed by atoms with E-state index in [2.05, 4.69) is 15.9 Å². The molecule has 0 aromatic heterocycles. The third-order valence-corrected chi connectivity index (χ3v) is 3.75. The highest BCUT2D eigenvalue weighted by Crippen LogP contribution is 2.19. The molecule has 1 unspecified atom stereocenters. The molecule has 0 aliphatic heterocycles. The van der Waals surface area contributed by atoms with Crippen molar-refractivity contribution in [3.63, 3.8) is 0 Å². The summed E-state index contributed by atoms with van der Waals surface area (Å²) in [5.74, 6) is 0.244. The van der Waals surface area contributed by atoms with Gasteiger partial charge in [0.05, 0.1) is 5.75 Å².